The molecular formula is C17H25ClN4O. The van der Waals surface area contributed by atoms with Crippen LogP contribution in [0.4, 0.5) is 0 Å². The molecule has 0 aliphatic heterocycles. The molecule has 2 rings (SSSR count). The Balaban J connectivity index is 1.70. The summed E-state index contributed by atoms with van der Waals surface area (Å²) in [6.07, 6.45) is 3.61. The first-order valence-corrected chi connectivity index (χ1v) is 8.42. The first-order chi connectivity index (χ1) is 11.1. The minimum absolute atomic E-state index is 0.150. The zero-order valence-electron chi connectivity index (χ0n) is 13.8. The quantitative estimate of drug-likeness (QED) is 0.457. The van der Waals surface area contributed by atoms with Crippen LogP contribution >= 0.6 is 11.6 Å². The Morgan fingerprint density at radius 1 is 1.43 bits per heavy atom. The van der Waals surface area contributed by atoms with Gasteiger partial charge in [-0.1, -0.05) is 23.7 Å². The number of carbonyl (C=O) groups is 1. The Morgan fingerprint density at radius 3 is 2.87 bits per heavy atom. The van der Waals surface area contributed by atoms with Gasteiger partial charge in [0.1, 0.15) is 0 Å². The number of hydrogen-bond donors (Lipinski definition) is 2. The minimum Gasteiger partial charge on any atom is -0.356 e. The summed E-state index contributed by atoms with van der Waals surface area (Å²) >= 11 is 6.01. The molecule has 1 aliphatic rings. The van der Waals surface area contributed by atoms with E-state index in [0.29, 0.717) is 12.5 Å². The van der Waals surface area contributed by atoms with E-state index in [9.17, 15) is 4.79 Å². The van der Waals surface area contributed by atoms with Crippen molar-refractivity contribution in [3.8, 4) is 0 Å². The van der Waals surface area contributed by atoms with Crippen molar-refractivity contribution in [2.45, 2.75) is 38.3 Å². The Hall–Kier alpha value is -1.75. The maximum atomic E-state index is 11.6. The van der Waals surface area contributed by atoms with E-state index in [1.165, 1.54) is 0 Å². The van der Waals surface area contributed by atoms with Gasteiger partial charge in [0.25, 0.3) is 0 Å². The summed E-state index contributed by atoms with van der Waals surface area (Å²) in [6.45, 7) is 1.45. The average molecular weight is 337 g/mol. The third-order valence-electron chi connectivity index (χ3n) is 3.69. The predicted molar refractivity (Wildman–Crippen MR) is 94.7 cm³/mol. The molecule has 126 valence electrons. The SMILES string of the molecule is CN=C(NCCCC(=O)NC1CC1)N(C)Cc1cccc(Cl)c1. The van der Waals surface area contributed by atoms with Gasteiger partial charge in [-0.2, -0.15) is 0 Å². The fourth-order valence-corrected chi connectivity index (χ4v) is 2.56. The number of benzene rings is 1. The molecule has 23 heavy (non-hydrogen) atoms. The van der Waals surface area contributed by atoms with Crippen LogP contribution in [-0.4, -0.2) is 43.4 Å². The van der Waals surface area contributed by atoms with Crippen LogP contribution in [0.25, 0.3) is 0 Å². The zero-order valence-corrected chi connectivity index (χ0v) is 14.6. The van der Waals surface area contributed by atoms with E-state index in [1.54, 1.807) is 7.05 Å². The van der Waals surface area contributed by atoms with Crippen molar-refractivity contribution in [3.63, 3.8) is 0 Å². The molecule has 1 aromatic rings. The Kier molecular flexibility index (Phi) is 6.71. The molecule has 0 unspecified atom stereocenters. The minimum atomic E-state index is 0.150. The normalized spacial score (nSPS) is 14.5. The second kappa shape index (κ2) is 8.77. The summed E-state index contributed by atoms with van der Waals surface area (Å²) in [6, 6.07) is 8.24. The number of guanidine groups is 1. The van der Waals surface area contributed by atoms with Crippen molar-refractivity contribution in [1.29, 1.82) is 0 Å². The zero-order chi connectivity index (χ0) is 16.7. The monoisotopic (exact) mass is 336 g/mol. The number of amides is 1. The van der Waals surface area contributed by atoms with Gasteiger partial charge < -0.3 is 15.5 Å². The molecule has 1 aliphatic carbocycles. The third-order valence-corrected chi connectivity index (χ3v) is 3.92. The number of halogens is 1. The largest absolute Gasteiger partial charge is 0.356 e. The first-order valence-electron chi connectivity index (χ1n) is 8.04. The lowest BCUT2D eigenvalue weighted by atomic mass is 10.2. The lowest BCUT2D eigenvalue weighted by molar-refractivity contribution is -0.121. The molecule has 0 spiro atoms. The molecule has 0 radical (unpaired) electrons. The van der Waals surface area contributed by atoms with Gasteiger partial charge in [-0.15, -0.1) is 0 Å². The molecule has 6 heteroatoms. The van der Waals surface area contributed by atoms with Gasteiger partial charge in [-0.25, -0.2) is 0 Å². The van der Waals surface area contributed by atoms with Gasteiger partial charge in [0.2, 0.25) is 5.91 Å². The smallest absolute Gasteiger partial charge is 0.220 e. The number of nitrogens with zero attached hydrogens (tertiary/aromatic N) is 2. The van der Waals surface area contributed by atoms with Crippen molar-refractivity contribution in [2.24, 2.45) is 4.99 Å². The van der Waals surface area contributed by atoms with Crippen LogP contribution in [0.2, 0.25) is 5.02 Å². The first kappa shape index (κ1) is 17.6. The molecule has 0 heterocycles. The Bertz CT molecular complexity index is 557. The van der Waals surface area contributed by atoms with Crippen molar-refractivity contribution >= 4 is 23.5 Å². The van der Waals surface area contributed by atoms with Crippen molar-refractivity contribution in [1.82, 2.24) is 15.5 Å². The molecule has 1 amide bonds. The van der Waals surface area contributed by atoms with Gasteiger partial charge >= 0.3 is 0 Å². The van der Waals surface area contributed by atoms with Gasteiger partial charge in [0.05, 0.1) is 0 Å². The van der Waals surface area contributed by atoms with Crippen LogP contribution in [0.15, 0.2) is 29.3 Å². The maximum Gasteiger partial charge on any atom is 0.220 e. The summed E-state index contributed by atoms with van der Waals surface area (Å²) in [5.74, 6) is 0.962. The fourth-order valence-electron chi connectivity index (χ4n) is 2.35. The molecule has 5 nitrogen and oxygen atoms in total. The summed E-state index contributed by atoms with van der Waals surface area (Å²) in [5.41, 5.74) is 1.13. The highest BCUT2D eigenvalue weighted by Crippen LogP contribution is 2.18. The average Bonchev–Trinajstić information content (AvgIpc) is 3.31. The molecule has 1 saturated carbocycles. The van der Waals surface area contributed by atoms with E-state index < -0.39 is 0 Å². The van der Waals surface area contributed by atoms with Crippen LogP contribution < -0.4 is 10.6 Å². The van der Waals surface area contributed by atoms with Crippen molar-refractivity contribution in [3.05, 3.63) is 34.9 Å². The van der Waals surface area contributed by atoms with Crippen molar-refractivity contribution in [2.75, 3.05) is 20.6 Å². The molecule has 0 saturated heterocycles. The highest BCUT2D eigenvalue weighted by molar-refractivity contribution is 6.30. The standard InChI is InChI=1S/C17H25ClN4O/c1-19-17(20-10-4-7-16(23)21-15-8-9-15)22(2)12-13-5-3-6-14(18)11-13/h3,5-6,11,15H,4,7-10,12H2,1-2H3,(H,19,20)(H,21,23). The van der Waals surface area contributed by atoms with Crippen molar-refractivity contribution < 1.29 is 4.79 Å². The maximum absolute atomic E-state index is 11.6. The highest BCUT2D eigenvalue weighted by Gasteiger charge is 2.22. The van der Waals surface area contributed by atoms with Crippen LogP contribution in [0, 0.1) is 0 Å². The number of rotatable bonds is 7. The highest BCUT2D eigenvalue weighted by atomic mass is 35.5. The molecular weight excluding hydrogens is 312 g/mol. The molecule has 0 aromatic heterocycles. The van der Waals surface area contributed by atoms with E-state index in [0.717, 1.165) is 48.9 Å². The van der Waals surface area contributed by atoms with Gasteiger partial charge in [0, 0.05) is 44.7 Å². The summed E-state index contributed by atoms with van der Waals surface area (Å²) in [5, 5.41) is 7.02. The summed E-state index contributed by atoms with van der Waals surface area (Å²) in [4.78, 5) is 17.9. The number of nitrogens with one attached hydrogen (secondary N) is 2. The van der Waals surface area contributed by atoms with Crippen LogP contribution in [0.3, 0.4) is 0 Å². The lowest BCUT2D eigenvalue weighted by Crippen LogP contribution is -2.39. The molecule has 0 atom stereocenters. The summed E-state index contributed by atoms with van der Waals surface area (Å²) < 4.78 is 0. The van der Waals surface area contributed by atoms with E-state index in [2.05, 4.69) is 15.6 Å². The fraction of sp³-hybridized carbons (Fsp3) is 0.529. The lowest BCUT2D eigenvalue weighted by Gasteiger charge is -2.22. The molecule has 1 fully saturated rings. The van der Waals surface area contributed by atoms with E-state index in [4.69, 9.17) is 11.6 Å². The van der Waals surface area contributed by atoms with E-state index in [1.807, 2.05) is 36.2 Å². The molecule has 1 aromatic carbocycles. The van der Waals surface area contributed by atoms with Gasteiger partial charge in [-0.3, -0.25) is 9.79 Å². The molecule has 0 bridgehead atoms. The van der Waals surface area contributed by atoms with E-state index >= 15 is 0 Å². The number of hydrogen-bond acceptors (Lipinski definition) is 2. The number of carbonyl (C=O) groups excluding carboxylic acids is 1. The summed E-state index contributed by atoms with van der Waals surface area (Å²) in [7, 11) is 3.74. The van der Waals surface area contributed by atoms with Crippen LogP contribution in [-0.2, 0) is 11.3 Å². The predicted octanol–water partition coefficient (Wildman–Crippen LogP) is 2.41. The van der Waals surface area contributed by atoms with Gasteiger partial charge in [-0.05, 0) is 37.0 Å². The second-order valence-corrected chi connectivity index (χ2v) is 6.34. The van der Waals surface area contributed by atoms with Crippen LogP contribution in [0.5, 0.6) is 0 Å². The topological polar surface area (TPSA) is 56.7 Å². The Labute approximate surface area is 143 Å². The third kappa shape index (κ3) is 6.48. The number of aliphatic imine (C=N–C) groups is 1. The second-order valence-electron chi connectivity index (χ2n) is 5.91. The Morgan fingerprint density at radius 2 is 2.22 bits per heavy atom. The van der Waals surface area contributed by atoms with E-state index in [-0.39, 0.29) is 5.91 Å². The molecule has 2 N–H and O–H groups in total. The van der Waals surface area contributed by atoms with Gasteiger partial charge in [0.15, 0.2) is 5.96 Å². The van der Waals surface area contributed by atoms with Crippen LogP contribution in [0.1, 0.15) is 31.2 Å².